The number of aromatic hydroxyl groups is 1. The van der Waals surface area contributed by atoms with Crippen LogP contribution in [-0.2, 0) is 0 Å². The smallest absolute Gasteiger partial charge is 0.120 e. The summed E-state index contributed by atoms with van der Waals surface area (Å²) in [6.45, 7) is 4.15. The van der Waals surface area contributed by atoms with E-state index >= 15 is 0 Å². The second-order valence-corrected chi connectivity index (χ2v) is 3.81. The summed E-state index contributed by atoms with van der Waals surface area (Å²) in [5.74, 6) is 0.319. The van der Waals surface area contributed by atoms with E-state index in [9.17, 15) is 5.11 Å². The van der Waals surface area contributed by atoms with Gasteiger partial charge in [0.25, 0.3) is 0 Å². The highest BCUT2D eigenvalue weighted by atomic mass is 35.5. The molecule has 1 atom stereocenters. The molecule has 86 valence electrons. The van der Waals surface area contributed by atoms with Gasteiger partial charge in [0.05, 0.1) is 0 Å². The first kappa shape index (κ1) is 14.3. The predicted molar refractivity (Wildman–Crippen MR) is 66.5 cm³/mol. The van der Waals surface area contributed by atoms with Gasteiger partial charge in [-0.15, -0.1) is 12.4 Å². The molecule has 0 unspecified atom stereocenters. The van der Waals surface area contributed by atoms with Crippen molar-refractivity contribution in [3.8, 4) is 5.75 Å². The van der Waals surface area contributed by atoms with Crippen LogP contribution in [0.4, 0.5) is 0 Å². The number of benzene rings is 1. The van der Waals surface area contributed by atoms with Crippen LogP contribution in [0.2, 0.25) is 0 Å². The average Bonchev–Trinajstić information content (AvgIpc) is 2.18. The molecule has 0 aliphatic heterocycles. The van der Waals surface area contributed by atoms with E-state index in [-0.39, 0.29) is 18.4 Å². The first-order chi connectivity index (χ1) is 6.65. The van der Waals surface area contributed by atoms with Crippen molar-refractivity contribution in [2.24, 2.45) is 5.73 Å². The molecule has 1 aromatic rings. The van der Waals surface area contributed by atoms with Crippen LogP contribution in [0.5, 0.6) is 5.75 Å². The first-order valence-corrected chi connectivity index (χ1v) is 5.20. The second-order valence-electron chi connectivity index (χ2n) is 3.81. The molecule has 0 spiro atoms. The van der Waals surface area contributed by atoms with Gasteiger partial charge in [0.1, 0.15) is 5.75 Å². The van der Waals surface area contributed by atoms with Crippen molar-refractivity contribution in [3.63, 3.8) is 0 Å². The maximum atomic E-state index is 9.62. The van der Waals surface area contributed by atoms with Gasteiger partial charge in [-0.2, -0.15) is 0 Å². The fourth-order valence-corrected chi connectivity index (χ4v) is 1.55. The van der Waals surface area contributed by atoms with E-state index in [4.69, 9.17) is 5.73 Å². The summed E-state index contributed by atoms with van der Waals surface area (Å²) in [4.78, 5) is 0. The lowest BCUT2D eigenvalue weighted by atomic mass is 9.99. The molecule has 3 N–H and O–H groups in total. The molecule has 0 bridgehead atoms. The van der Waals surface area contributed by atoms with Gasteiger partial charge in [0.15, 0.2) is 0 Å². The molecular formula is C12H20ClNO. The Bertz CT molecular complexity index is 302. The van der Waals surface area contributed by atoms with Gasteiger partial charge in [0, 0.05) is 11.6 Å². The van der Waals surface area contributed by atoms with Crippen LogP contribution in [-0.4, -0.2) is 5.11 Å². The van der Waals surface area contributed by atoms with Crippen molar-refractivity contribution in [1.82, 2.24) is 0 Å². The Hall–Kier alpha value is -0.730. The number of hydrogen-bond acceptors (Lipinski definition) is 2. The Labute approximate surface area is 97.9 Å². The van der Waals surface area contributed by atoms with Gasteiger partial charge < -0.3 is 10.8 Å². The monoisotopic (exact) mass is 229 g/mol. The zero-order valence-corrected chi connectivity index (χ0v) is 10.2. The number of hydrogen-bond donors (Lipinski definition) is 2. The van der Waals surface area contributed by atoms with Crippen molar-refractivity contribution in [3.05, 3.63) is 29.3 Å². The molecule has 0 aliphatic carbocycles. The number of nitrogens with two attached hydrogens (primary N) is 1. The molecule has 0 heterocycles. The van der Waals surface area contributed by atoms with E-state index in [1.54, 1.807) is 6.07 Å². The zero-order valence-electron chi connectivity index (χ0n) is 9.36. The Morgan fingerprint density at radius 3 is 2.67 bits per heavy atom. The summed E-state index contributed by atoms with van der Waals surface area (Å²) in [6, 6.07) is 5.55. The number of unbranched alkanes of at least 4 members (excludes halogenated alkanes) is 1. The van der Waals surface area contributed by atoms with Crippen LogP contribution >= 0.6 is 12.4 Å². The lowest BCUT2D eigenvalue weighted by Crippen LogP contribution is -2.10. The minimum absolute atomic E-state index is 0. The van der Waals surface area contributed by atoms with Crippen LogP contribution in [0.15, 0.2) is 18.2 Å². The number of phenols is 1. The molecule has 1 rings (SSSR count). The average molecular weight is 230 g/mol. The maximum absolute atomic E-state index is 9.62. The summed E-state index contributed by atoms with van der Waals surface area (Å²) >= 11 is 0. The normalized spacial score (nSPS) is 11.9. The third-order valence-electron chi connectivity index (χ3n) is 2.45. The lowest BCUT2D eigenvalue weighted by molar-refractivity contribution is 0.456. The largest absolute Gasteiger partial charge is 0.508 e. The molecule has 0 saturated carbocycles. The van der Waals surface area contributed by atoms with E-state index < -0.39 is 0 Å². The molecule has 0 saturated heterocycles. The van der Waals surface area contributed by atoms with E-state index in [1.165, 1.54) is 0 Å². The van der Waals surface area contributed by atoms with Gasteiger partial charge in [-0.25, -0.2) is 0 Å². The highest BCUT2D eigenvalue weighted by Crippen LogP contribution is 2.26. The van der Waals surface area contributed by atoms with Crippen molar-refractivity contribution in [1.29, 1.82) is 0 Å². The minimum atomic E-state index is -0.0325. The summed E-state index contributed by atoms with van der Waals surface area (Å²) < 4.78 is 0. The molecule has 0 aliphatic rings. The van der Waals surface area contributed by atoms with Crippen LogP contribution in [0.1, 0.15) is 43.4 Å². The molecular weight excluding hydrogens is 210 g/mol. The van der Waals surface area contributed by atoms with Gasteiger partial charge in [-0.05, 0) is 19.4 Å². The summed E-state index contributed by atoms with van der Waals surface area (Å²) in [7, 11) is 0. The van der Waals surface area contributed by atoms with E-state index in [0.29, 0.717) is 5.75 Å². The third-order valence-corrected chi connectivity index (χ3v) is 2.45. The molecule has 2 nitrogen and oxygen atoms in total. The Morgan fingerprint density at radius 1 is 1.40 bits per heavy atom. The van der Waals surface area contributed by atoms with Crippen molar-refractivity contribution in [2.75, 3.05) is 0 Å². The lowest BCUT2D eigenvalue weighted by Gasteiger charge is -2.13. The molecule has 1 aromatic carbocycles. The Balaban J connectivity index is 0.00000196. The fourth-order valence-electron chi connectivity index (χ4n) is 1.55. The molecule has 0 amide bonds. The van der Waals surface area contributed by atoms with Crippen molar-refractivity contribution < 1.29 is 5.11 Å². The van der Waals surface area contributed by atoms with Gasteiger partial charge >= 0.3 is 0 Å². The SMILES string of the molecule is CCCC[C@H](N)c1cc(C)ccc1O.Cl. The maximum Gasteiger partial charge on any atom is 0.120 e. The Kier molecular flexibility index (Phi) is 6.37. The standard InChI is InChI=1S/C12H19NO.ClH/c1-3-4-5-11(13)10-8-9(2)6-7-12(10)14;/h6-8,11,14H,3-5,13H2,1-2H3;1H/t11-;/m0./s1. The van der Waals surface area contributed by atoms with E-state index in [2.05, 4.69) is 6.92 Å². The molecule has 15 heavy (non-hydrogen) atoms. The van der Waals surface area contributed by atoms with Crippen LogP contribution < -0.4 is 5.73 Å². The quantitative estimate of drug-likeness (QED) is 0.832. The third kappa shape index (κ3) is 4.10. The topological polar surface area (TPSA) is 46.2 Å². The zero-order chi connectivity index (χ0) is 10.6. The summed E-state index contributed by atoms with van der Waals surface area (Å²) in [5, 5.41) is 9.62. The number of aryl methyl sites for hydroxylation is 1. The highest BCUT2D eigenvalue weighted by molar-refractivity contribution is 5.85. The van der Waals surface area contributed by atoms with Gasteiger partial charge in [-0.3, -0.25) is 0 Å². The Morgan fingerprint density at radius 2 is 2.07 bits per heavy atom. The minimum Gasteiger partial charge on any atom is -0.508 e. The summed E-state index contributed by atoms with van der Waals surface area (Å²) in [6.07, 6.45) is 3.18. The predicted octanol–water partition coefficient (Wildman–Crippen LogP) is 3.31. The number of halogens is 1. The molecule has 0 fully saturated rings. The van der Waals surface area contributed by atoms with Crippen LogP contribution in [0.25, 0.3) is 0 Å². The first-order valence-electron chi connectivity index (χ1n) is 5.20. The second kappa shape index (κ2) is 6.70. The molecule has 0 radical (unpaired) electrons. The summed E-state index contributed by atoms with van der Waals surface area (Å²) in [5.41, 5.74) is 8.01. The van der Waals surface area contributed by atoms with Crippen LogP contribution in [0.3, 0.4) is 0 Å². The highest BCUT2D eigenvalue weighted by Gasteiger charge is 2.09. The fraction of sp³-hybridized carbons (Fsp3) is 0.500. The van der Waals surface area contributed by atoms with E-state index in [1.807, 2.05) is 19.1 Å². The number of rotatable bonds is 4. The van der Waals surface area contributed by atoms with Gasteiger partial charge in [0.2, 0.25) is 0 Å². The van der Waals surface area contributed by atoms with Gasteiger partial charge in [-0.1, -0.05) is 37.5 Å². The van der Waals surface area contributed by atoms with Crippen LogP contribution in [0, 0.1) is 6.92 Å². The van der Waals surface area contributed by atoms with E-state index in [0.717, 1.165) is 30.4 Å². The molecule has 3 heteroatoms. The van der Waals surface area contributed by atoms with Crippen molar-refractivity contribution in [2.45, 2.75) is 39.2 Å². The molecule has 0 aromatic heterocycles. The number of phenolic OH excluding ortho intramolecular Hbond substituents is 1. The van der Waals surface area contributed by atoms with Crippen molar-refractivity contribution >= 4 is 12.4 Å².